The van der Waals surface area contributed by atoms with E-state index in [-0.39, 0.29) is 5.91 Å². The summed E-state index contributed by atoms with van der Waals surface area (Å²) in [6, 6.07) is 11.1. The number of hydrogen-bond acceptors (Lipinski definition) is 2. The van der Waals surface area contributed by atoms with Gasteiger partial charge in [-0.1, -0.05) is 37.6 Å². The first-order valence-electron chi connectivity index (χ1n) is 7.06. The van der Waals surface area contributed by atoms with Gasteiger partial charge in [0.25, 0.3) is 5.91 Å². The molecule has 1 amide bonds. The summed E-state index contributed by atoms with van der Waals surface area (Å²) >= 11 is 5.97. The third-order valence-electron chi connectivity index (χ3n) is 3.15. The van der Waals surface area contributed by atoms with Crippen molar-refractivity contribution in [1.82, 2.24) is 10.3 Å². The second-order valence-corrected chi connectivity index (χ2v) is 5.82. The maximum absolute atomic E-state index is 12.0. The van der Waals surface area contributed by atoms with E-state index >= 15 is 0 Å². The fourth-order valence-electron chi connectivity index (χ4n) is 1.92. The van der Waals surface area contributed by atoms with E-state index in [1.807, 2.05) is 30.3 Å². The lowest BCUT2D eigenvalue weighted by molar-refractivity contribution is 0.0951. The summed E-state index contributed by atoms with van der Waals surface area (Å²) in [7, 11) is 0. The van der Waals surface area contributed by atoms with Gasteiger partial charge in [-0.05, 0) is 36.6 Å². The highest BCUT2D eigenvalue weighted by molar-refractivity contribution is 6.30. The summed E-state index contributed by atoms with van der Waals surface area (Å²) in [4.78, 5) is 16.3. The van der Waals surface area contributed by atoms with Crippen LogP contribution in [0.2, 0.25) is 5.02 Å². The number of aromatic nitrogens is 1. The molecule has 110 valence electrons. The van der Waals surface area contributed by atoms with Gasteiger partial charge in [0.1, 0.15) is 0 Å². The van der Waals surface area contributed by atoms with Crippen molar-refractivity contribution in [2.24, 2.45) is 5.92 Å². The number of amides is 1. The summed E-state index contributed by atoms with van der Waals surface area (Å²) in [5, 5.41) is 3.57. The number of carbonyl (C=O) groups excluding carboxylic acids is 1. The van der Waals surface area contributed by atoms with E-state index in [4.69, 9.17) is 11.6 Å². The Balaban J connectivity index is 2.03. The van der Waals surface area contributed by atoms with Gasteiger partial charge >= 0.3 is 0 Å². The zero-order valence-electron chi connectivity index (χ0n) is 12.3. The molecule has 0 saturated carbocycles. The standard InChI is InChI=1S/C17H19ClN2O/c1-12(2)8-9-19-17(21)14-6-7-16(20-11-14)13-4-3-5-15(18)10-13/h3-7,10-12H,8-9H2,1-2H3,(H,19,21). The Morgan fingerprint density at radius 1 is 1.29 bits per heavy atom. The van der Waals surface area contributed by atoms with E-state index in [0.717, 1.165) is 17.7 Å². The molecule has 0 aliphatic carbocycles. The minimum atomic E-state index is -0.0826. The maximum atomic E-state index is 12.0. The number of benzene rings is 1. The third-order valence-corrected chi connectivity index (χ3v) is 3.39. The van der Waals surface area contributed by atoms with Gasteiger partial charge in [0, 0.05) is 23.3 Å². The normalized spacial score (nSPS) is 10.7. The smallest absolute Gasteiger partial charge is 0.252 e. The van der Waals surface area contributed by atoms with Gasteiger partial charge in [-0.15, -0.1) is 0 Å². The van der Waals surface area contributed by atoms with E-state index in [1.54, 1.807) is 12.3 Å². The van der Waals surface area contributed by atoms with Crippen LogP contribution in [0.15, 0.2) is 42.6 Å². The molecule has 0 bridgehead atoms. The fraction of sp³-hybridized carbons (Fsp3) is 0.294. The molecule has 0 aliphatic heterocycles. The quantitative estimate of drug-likeness (QED) is 0.900. The fourth-order valence-corrected chi connectivity index (χ4v) is 2.11. The zero-order valence-corrected chi connectivity index (χ0v) is 13.0. The zero-order chi connectivity index (χ0) is 15.2. The van der Waals surface area contributed by atoms with Crippen molar-refractivity contribution in [2.45, 2.75) is 20.3 Å². The van der Waals surface area contributed by atoms with E-state index < -0.39 is 0 Å². The van der Waals surface area contributed by atoms with Crippen LogP contribution in [0.1, 0.15) is 30.6 Å². The summed E-state index contributed by atoms with van der Waals surface area (Å²) in [5.74, 6) is 0.495. The average Bonchev–Trinajstić information content (AvgIpc) is 2.47. The Morgan fingerprint density at radius 3 is 2.71 bits per heavy atom. The van der Waals surface area contributed by atoms with Gasteiger partial charge in [-0.2, -0.15) is 0 Å². The van der Waals surface area contributed by atoms with Crippen LogP contribution in [0.25, 0.3) is 11.3 Å². The molecule has 1 heterocycles. The Kier molecular flexibility index (Phi) is 5.34. The number of carbonyl (C=O) groups is 1. The highest BCUT2D eigenvalue weighted by atomic mass is 35.5. The molecular weight excluding hydrogens is 284 g/mol. The first-order chi connectivity index (χ1) is 10.1. The van der Waals surface area contributed by atoms with Crippen LogP contribution >= 0.6 is 11.6 Å². The van der Waals surface area contributed by atoms with Crippen molar-refractivity contribution >= 4 is 17.5 Å². The average molecular weight is 303 g/mol. The molecule has 0 aliphatic rings. The third kappa shape index (κ3) is 4.57. The summed E-state index contributed by atoms with van der Waals surface area (Å²) in [6.45, 7) is 4.95. The molecule has 0 spiro atoms. The molecule has 0 radical (unpaired) electrons. The van der Waals surface area contributed by atoms with Crippen molar-refractivity contribution in [3.8, 4) is 11.3 Å². The number of hydrogen-bond donors (Lipinski definition) is 1. The van der Waals surface area contributed by atoms with Crippen molar-refractivity contribution in [1.29, 1.82) is 0 Å². The molecule has 1 aromatic heterocycles. The van der Waals surface area contributed by atoms with Crippen LogP contribution in [0.3, 0.4) is 0 Å². The lowest BCUT2D eigenvalue weighted by atomic mass is 10.1. The second kappa shape index (κ2) is 7.23. The minimum absolute atomic E-state index is 0.0826. The molecule has 0 fully saturated rings. The molecule has 4 heteroatoms. The summed E-state index contributed by atoms with van der Waals surface area (Å²) < 4.78 is 0. The van der Waals surface area contributed by atoms with E-state index in [1.165, 1.54) is 0 Å². The second-order valence-electron chi connectivity index (χ2n) is 5.38. The topological polar surface area (TPSA) is 42.0 Å². The van der Waals surface area contributed by atoms with Crippen LogP contribution in [-0.4, -0.2) is 17.4 Å². The number of nitrogens with zero attached hydrogens (tertiary/aromatic N) is 1. The molecule has 2 rings (SSSR count). The van der Waals surface area contributed by atoms with Gasteiger partial charge in [0.05, 0.1) is 11.3 Å². The van der Waals surface area contributed by atoms with Crippen LogP contribution < -0.4 is 5.32 Å². The summed E-state index contributed by atoms with van der Waals surface area (Å²) in [5.41, 5.74) is 2.31. The van der Waals surface area contributed by atoms with E-state index in [0.29, 0.717) is 23.0 Å². The van der Waals surface area contributed by atoms with Crippen LogP contribution in [0.4, 0.5) is 0 Å². The van der Waals surface area contributed by atoms with Gasteiger partial charge in [-0.3, -0.25) is 9.78 Å². The Labute approximate surface area is 130 Å². The number of halogens is 1. The molecule has 0 unspecified atom stereocenters. The minimum Gasteiger partial charge on any atom is -0.352 e. The first kappa shape index (κ1) is 15.5. The molecule has 1 N–H and O–H groups in total. The largest absolute Gasteiger partial charge is 0.352 e. The van der Waals surface area contributed by atoms with Gasteiger partial charge in [0.15, 0.2) is 0 Å². The summed E-state index contributed by atoms with van der Waals surface area (Å²) in [6.07, 6.45) is 2.57. The van der Waals surface area contributed by atoms with E-state index in [9.17, 15) is 4.79 Å². The Morgan fingerprint density at radius 2 is 2.10 bits per heavy atom. The lowest BCUT2D eigenvalue weighted by Gasteiger charge is -2.07. The van der Waals surface area contributed by atoms with Crippen molar-refractivity contribution in [3.05, 3.63) is 53.2 Å². The molecule has 0 saturated heterocycles. The van der Waals surface area contributed by atoms with Crippen molar-refractivity contribution in [3.63, 3.8) is 0 Å². The molecule has 2 aromatic rings. The van der Waals surface area contributed by atoms with Crippen LogP contribution in [-0.2, 0) is 0 Å². The highest BCUT2D eigenvalue weighted by Gasteiger charge is 2.07. The SMILES string of the molecule is CC(C)CCNC(=O)c1ccc(-c2cccc(Cl)c2)nc1. The molecule has 3 nitrogen and oxygen atoms in total. The number of nitrogens with one attached hydrogen (secondary N) is 1. The molecule has 21 heavy (non-hydrogen) atoms. The first-order valence-corrected chi connectivity index (χ1v) is 7.44. The van der Waals surface area contributed by atoms with E-state index in [2.05, 4.69) is 24.1 Å². The predicted molar refractivity (Wildman–Crippen MR) is 86.5 cm³/mol. The maximum Gasteiger partial charge on any atom is 0.252 e. The van der Waals surface area contributed by atoms with Crippen molar-refractivity contribution < 1.29 is 4.79 Å². The Bertz CT molecular complexity index is 608. The number of rotatable bonds is 5. The van der Waals surface area contributed by atoms with Gasteiger partial charge in [0.2, 0.25) is 0 Å². The lowest BCUT2D eigenvalue weighted by Crippen LogP contribution is -2.25. The van der Waals surface area contributed by atoms with Gasteiger partial charge < -0.3 is 5.32 Å². The van der Waals surface area contributed by atoms with Crippen LogP contribution in [0.5, 0.6) is 0 Å². The Hall–Kier alpha value is -1.87. The number of pyridine rings is 1. The van der Waals surface area contributed by atoms with Crippen molar-refractivity contribution in [2.75, 3.05) is 6.54 Å². The van der Waals surface area contributed by atoms with Gasteiger partial charge in [-0.25, -0.2) is 0 Å². The van der Waals surface area contributed by atoms with Crippen LogP contribution in [0, 0.1) is 5.92 Å². The predicted octanol–water partition coefficient (Wildman–Crippen LogP) is 4.18. The molecular formula is C17H19ClN2O. The highest BCUT2D eigenvalue weighted by Crippen LogP contribution is 2.20. The molecule has 0 atom stereocenters. The molecule has 1 aromatic carbocycles. The monoisotopic (exact) mass is 302 g/mol.